The van der Waals surface area contributed by atoms with Crippen LogP contribution in [-0.2, 0) is 9.59 Å². The lowest BCUT2D eigenvalue weighted by molar-refractivity contribution is -0.121. The number of hydrogen-bond acceptors (Lipinski definition) is 3. The van der Waals surface area contributed by atoms with E-state index in [1.807, 2.05) is 0 Å². The van der Waals surface area contributed by atoms with Gasteiger partial charge in [0.15, 0.2) is 0 Å². The molecule has 0 aromatic heterocycles. The summed E-state index contributed by atoms with van der Waals surface area (Å²) in [5, 5.41) is 8.33. The van der Waals surface area contributed by atoms with E-state index in [1.54, 1.807) is 6.07 Å². The van der Waals surface area contributed by atoms with Gasteiger partial charge in [-0.05, 0) is 37.5 Å². The van der Waals surface area contributed by atoms with Crippen LogP contribution in [0.5, 0.6) is 0 Å². The number of nitrogens with one attached hydrogen (secondary N) is 3. The third-order valence-electron chi connectivity index (χ3n) is 3.15. The summed E-state index contributed by atoms with van der Waals surface area (Å²) in [4.78, 5) is 22.8. The molecule has 1 atom stereocenters. The first-order valence-corrected chi connectivity index (χ1v) is 6.67. The first-order valence-electron chi connectivity index (χ1n) is 6.67. The number of benzene rings is 1. The van der Waals surface area contributed by atoms with Gasteiger partial charge in [-0.15, -0.1) is 0 Å². The van der Waals surface area contributed by atoms with Crippen molar-refractivity contribution in [3.05, 3.63) is 24.0 Å². The van der Waals surface area contributed by atoms with Crippen LogP contribution in [0.4, 0.5) is 15.8 Å². The second-order valence-electron chi connectivity index (χ2n) is 4.86. The van der Waals surface area contributed by atoms with Crippen molar-refractivity contribution in [3.63, 3.8) is 0 Å². The van der Waals surface area contributed by atoms with Crippen LogP contribution in [0.15, 0.2) is 18.2 Å². The normalized spacial score (nSPS) is 18.9. The molecular formula is C14H18FN3O2. The Morgan fingerprint density at radius 1 is 1.40 bits per heavy atom. The Kier molecular flexibility index (Phi) is 4.55. The van der Waals surface area contributed by atoms with Crippen LogP contribution in [0.25, 0.3) is 0 Å². The third-order valence-corrected chi connectivity index (χ3v) is 3.15. The van der Waals surface area contributed by atoms with E-state index in [1.165, 1.54) is 19.1 Å². The van der Waals surface area contributed by atoms with Crippen molar-refractivity contribution in [3.8, 4) is 0 Å². The molecule has 2 rings (SSSR count). The monoisotopic (exact) mass is 279 g/mol. The molecular weight excluding hydrogens is 261 g/mol. The van der Waals surface area contributed by atoms with Crippen LogP contribution in [-0.4, -0.2) is 24.4 Å². The van der Waals surface area contributed by atoms with Crippen molar-refractivity contribution in [1.82, 2.24) is 5.32 Å². The Balaban J connectivity index is 2.12. The molecule has 6 heteroatoms. The van der Waals surface area contributed by atoms with Crippen LogP contribution in [0, 0.1) is 5.82 Å². The largest absolute Gasteiger partial charge is 0.374 e. The Labute approximate surface area is 116 Å². The highest BCUT2D eigenvalue weighted by Crippen LogP contribution is 2.21. The topological polar surface area (TPSA) is 70.2 Å². The van der Waals surface area contributed by atoms with Crippen molar-refractivity contribution in [2.75, 3.05) is 17.2 Å². The first kappa shape index (κ1) is 14.3. The lowest BCUT2D eigenvalue weighted by atomic mass is 10.1. The van der Waals surface area contributed by atoms with Crippen LogP contribution < -0.4 is 16.0 Å². The summed E-state index contributed by atoms with van der Waals surface area (Å²) in [5.41, 5.74) is 0.716. The molecule has 20 heavy (non-hydrogen) atoms. The van der Waals surface area contributed by atoms with Crippen LogP contribution in [0.1, 0.15) is 26.2 Å². The van der Waals surface area contributed by atoms with Gasteiger partial charge in [0.1, 0.15) is 11.9 Å². The maximum absolute atomic E-state index is 13.5. The summed E-state index contributed by atoms with van der Waals surface area (Å²) in [5.74, 6) is -0.891. The van der Waals surface area contributed by atoms with E-state index in [2.05, 4.69) is 16.0 Å². The fourth-order valence-electron chi connectivity index (χ4n) is 2.18. The average molecular weight is 279 g/mol. The predicted molar refractivity (Wildman–Crippen MR) is 75.0 cm³/mol. The van der Waals surface area contributed by atoms with Crippen LogP contribution >= 0.6 is 0 Å². The van der Waals surface area contributed by atoms with E-state index in [9.17, 15) is 14.0 Å². The van der Waals surface area contributed by atoms with Gasteiger partial charge in [0.05, 0.1) is 5.69 Å². The zero-order valence-electron chi connectivity index (χ0n) is 11.3. The molecule has 1 aromatic rings. The highest BCUT2D eigenvalue weighted by molar-refractivity contribution is 5.90. The molecule has 0 radical (unpaired) electrons. The van der Waals surface area contributed by atoms with E-state index in [0.29, 0.717) is 12.2 Å². The summed E-state index contributed by atoms with van der Waals surface area (Å²) < 4.78 is 13.5. The fourth-order valence-corrected chi connectivity index (χ4v) is 2.18. The van der Waals surface area contributed by atoms with E-state index in [0.717, 1.165) is 19.3 Å². The molecule has 1 fully saturated rings. The predicted octanol–water partition coefficient (Wildman–Crippen LogP) is 1.86. The smallest absolute Gasteiger partial charge is 0.242 e. The van der Waals surface area contributed by atoms with Gasteiger partial charge in [-0.2, -0.15) is 0 Å². The Morgan fingerprint density at radius 3 is 2.95 bits per heavy atom. The zero-order valence-corrected chi connectivity index (χ0v) is 11.3. The summed E-state index contributed by atoms with van der Waals surface area (Å²) in [6, 6.07) is 3.99. The Morgan fingerprint density at radius 2 is 2.20 bits per heavy atom. The molecule has 5 nitrogen and oxygen atoms in total. The second kappa shape index (κ2) is 6.36. The van der Waals surface area contributed by atoms with E-state index in [4.69, 9.17) is 0 Å². The highest BCUT2D eigenvalue weighted by atomic mass is 19.1. The zero-order chi connectivity index (χ0) is 14.5. The molecule has 3 N–H and O–H groups in total. The standard InChI is InChI=1S/C14H18FN3O2/c1-9(19)17-13-8-10(5-6-11(13)15)18-12-4-2-3-7-16-14(12)20/h5-6,8,12,18H,2-4,7H2,1H3,(H,16,20)(H,17,19)/t12-/m1/s1. The maximum Gasteiger partial charge on any atom is 0.242 e. The number of amides is 2. The Hall–Kier alpha value is -2.11. The number of anilines is 2. The summed E-state index contributed by atoms with van der Waals surface area (Å²) in [7, 11) is 0. The van der Waals surface area contributed by atoms with Gasteiger partial charge in [-0.25, -0.2) is 4.39 Å². The van der Waals surface area contributed by atoms with Gasteiger partial charge >= 0.3 is 0 Å². The molecule has 1 saturated heterocycles. The number of hydrogen-bond donors (Lipinski definition) is 3. The van der Waals surface area contributed by atoms with Gasteiger partial charge in [-0.3, -0.25) is 9.59 Å². The quantitative estimate of drug-likeness (QED) is 0.791. The third kappa shape index (κ3) is 3.69. The molecule has 0 aliphatic carbocycles. The molecule has 1 aliphatic heterocycles. The number of rotatable bonds is 3. The number of carbonyl (C=O) groups excluding carboxylic acids is 2. The lowest BCUT2D eigenvalue weighted by Gasteiger charge is -2.17. The highest BCUT2D eigenvalue weighted by Gasteiger charge is 2.20. The fraction of sp³-hybridized carbons (Fsp3) is 0.429. The second-order valence-corrected chi connectivity index (χ2v) is 4.86. The van der Waals surface area contributed by atoms with Crippen molar-refractivity contribution < 1.29 is 14.0 Å². The van der Waals surface area contributed by atoms with Crippen molar-refractivity contribution >= 4 is 23.2 Å². The molecule has 108 valence electrons. The summed E-state index contributed by atoms with van der Waals surface area (Å²) in [6.07, 6.45) is 2.65. The first-order chi connectivity index (χ1) is 9.56. The van der Waals surface area contributed by atoms with Gasteiger partial charge in [0.2, 0.25) is 11.8 Å². The molecule has 1 aromatic carbocycles. The maximum atomic E-state index is 13.5. The van der Waals surface area contributed by atoms with E-state index >= 15 is 0 Å². The minimum Gasteiger partial charge on any atom is -0.374 e. The van der Waals surface area contributed by atoms with Gasteiger partial charge in [0.25, 0.3) is 0 Å². The minimum absolute atomic E-state index is 0.0482. The molecule has 1 aliphatic rings. The molecule has 2 amide bonds. The van der Waals surface area contributed by atoms with Crippen molar-refractivity contribution in [2.45, 2.75) is 32.2 Å². The SMILES string of the molecule is CC(=O)Nc1cc(N[C@@H]2CCCCNC2=O)ccc1F. The summed E-state index contributed by atoms with van der Waals surface area (Å²) in [6.45, 7) is 2.01. The van der Waals surface area contributed by atoms with Gasteiger partial charge in [0, 0.05) is 19.2 Å². The van der Waals surface area contributed by atoms with Crippen molar-refractivity contribution in [2.24, 2.45) is 0 Å². The molecule has 0 unspecified atom stereocenters. The Bertz CT molecular complexity index is 519. The number of halogens is 1. The average Bonchev–Trinajstić information content (AvgIpc) is 2.58. The van der Waals surface area contributed by atoms with Gasteiger partial charge < -0.3 is 16.0 Å². The summed E-state index contributed by atoms with van der Waals surface area (Å²) >= 11 is 0. The molecule has 1 heterocycles. The minimum atomic E-state index is -0.504. The molecule has 0 bridgehead atoms. The number of carbonyl (C=O) groups is 2. The van der Waals surface area contributed by atoms with Crippen LogP contribution in [0.2, 0.25) is 0 Å². The van der Waals surface area contributed by atoms with E-state index in [-0.39, 0.29) is 23.5 Å². The van der Waals surface area contributed by atoms with E-state index < -0.39 is 5.82 Å². The van der Waals surface area contributed by atoms with Crippen molar-refractivity contribution in [1.29, 1.82) is 0 Å². The van der Waals surface area contributed by atoms with Crippen LogP contribution in [0.3, 0.4) is 0 Å². The molecule has 0 saturated carbocycles. The molecule has 0 spiro atoms. The lowest BCUT2D eigenvalue weighted by Crippen LogP contribution is -2.37. The van der Waals surface area contributed by atoms with Gasteiger partial charge in [-0.1, -0.05) is 0 Å².